The highest BCUT2D eigenvalue weighted by Crippen LogP contribution is 2.29. The van der Waals surface area contributed by atoms with Crippen LogP contribution in [0.5, 0.6) is 0 Å². The number of fused-ring (bicyclic) bond motifs is 1. The van der Waals surface area contributed by atoms with E-state index in [1.54, 1.807) is 24.3 Å². The number of imide groups is 1. The van der Waals surface area contributed by atoms with E-state index in [1.807, 2.05) is 44.2 Å². The highest BCUT2D eigenvalue weighted by atomic mass is 16.8. The lowest BCUT2D eigenvalue weighted by molar-refractivity contribution is -0.203. The summed E-state index contributed by atoms with van der Waals surface area (Å²) in [6.45, 7) is 4.15. The molecule has 2 heterocycles. The van der Waals surface area contributed by atoms with Gasteiger partial charge in [-0.05, 0) is 42.9 Å². The lowest BCUT2D eigenvalue weighted by atomic mass is 9.84. The fourth-order valence-corrected chi connectivity index (χ4v) is 4.77. The van der Waals surface area contributed by atoms with Crippen LogP contribution in [0.25, 0.3) is 0 Å². The molecule has 3 atom stereocenters. The molecule has 0 saturated carbocycles. The number of hydrogen-bond donors (Lipinski definition) is 1. The Morgan fingerprint density at radius 1 is 0.974 bits per heavy atom. The summed E-state index contributed by atoms with van der Waals surface area (Å²) in [6, 6.07) is 15.7. The molecule has 2 aliphatic heterocycles. The quantitative estimate of drug-likeness (QED) is 0.271. The van der Waals surface area contributed by atoms with Crippen LogP contribution in [-0.4, -0.2) is 48.0 Å². The van der Waals surface area contributed by atoms with E-state index in [1.165, 1.54) is 0 Å². The number of nitrogens with one attached hydrogen (secondary N) is 1. The van der Waals surface area contributed by atoms with Gasteiger partial charge in [-0.2, -0.15) is 0 Å². The van der Waals surface area contributed by atoms with Gasteiger partial charge in [0.25, 0.3) is 11.8 Å². The molecule has 0 bridgehead atoms. The van der Waals surface area contributed by atoms with Crippen LogP contribution < -0.4 is 5.48 Å². The molecule has 1 saturated heterocycles. The molecule has 1 unspecified atom stereocenters. The monoisotopic (exact) mass is 522 g/mol. The summed E-state index contributed by atoms with van der Waals surface area (Å²) < 4.78 is 11.2. The Hall–Kier alpha value is -3.56. The Bertz CT molecular complexity index is 1110. The standard InChI is InChI=1S/C29H34N2O7/c1-19(2)16-23(29(35)37-18-20-10-4-3-5-11-20)24(26(32)30-38-25-14-8-9-15-36-25)17-31-27(33)21-12-6-7-13-22(21)28(31)34/h3-7,10-13,19,23-25H,8-9,14-18H2,1-2H3,(H,30,32)/t23-,24+,25?/m1/s1. The van der Waals surface area contributed by atoms with E-state index in [9.17, 15) is 19.2 Å². The van der Waals surface area contributed by atoms with Crippen LogP contribution >= 0.6 is 0 Å². The Morgan fingerprint density at radius 3 is 2.24 bits per heavy atom. The largest absolute Gasteiger partial charge is 0.461 e. The predicted molar refractivity (Wildman–Crippen MR) is 137 cm³/mol. The van der Waals surface area contributed by atoms with Crippen LogP contribution in [0, 0.1) is 17.8 Å². The second-order valence-electron chi connectivity index (χ2n) is 10.1. The summed E-state index contributed by atoms with van der Waals surface area (Å²) in [5, 5.41) is 0. The third-order valence-electron chi connectivity index (χ3n) is 6.76. The molecular formula is C29H34N2O7. The molecular weight excluding hydrogens is 488 g/mol. The van der Waals surface area contributed by atoms with Gasteiger partial charge in [0, 0.05) is 19.6 Å². The highest BCUT2D eigenvalue weighted by molar-refractivity contribution is 6.21. The van der Waals surface area contributed by atoms with E-state index >= 15 is 0 Å². The van der Waals surface area contributed by atoms with E-state index in [0.29, 0.717) is 19.4 Å². The number of esters is 1. The van der Waals surface area contributed by atoms with E-state index in [-0.39, 0.29) is 30.2 Å². The molecule has 2 aliphatic rings. The van der Waals surface area contributed by atoms with Gasteiger partial charge < -0.3 is 9.47 Å². The summed E-state index contributed by atoms with van der Waals surface area (Å²) in [7, 11) is 0. The molecule has 2 aromatic rings. The SMILES string of the molecule is CC(C)C[C@@H](C(=O)OCc1ccccc1)[C@H](CN1C(=O)c2ccccc2C1=O)C(=O)NOC1CCCCO1. The number of benzene rings is 2. The van der Waals surface area contributed by atoms with Crippen LogP contribution in [0.3, 0.4) is 0 Å². The van der Waals surface area contributed by atoms with Crippen LogP contribution in [0.2, 0.25) is 0 Å². The summed E-state index contributed by atoms with van der Waals surface area (Å²) in [5.74, 6) is -4.16. The Morgan fingerprint density at radius 2 is 1.63 bits per heavy atom. The second-order valence-corrected chi connectivity index (χ2v) is 10.1. The molecule has 0 aromatic heterocycles. The first-order valence-electron chi connectivity index (χ1n) is 13.1. The lowest BCUT2D eigenvalue weighted by Gasteiger charge is -2.30. The van der Waals surface area contributed by atoms with Crippen molar-refractivity contribution in [3.63, 3.8) is 0 Å². The fraction of sp³-hybridized carbons (Fsp3) is 0.448. The van der Waals surface area contributed by atoms with Gasteiger partial charge in [0.2, 0.25) is 5.91 Å². The predicted octanol–water partition coefficient (Wildman–Crippen LogP) is 3.88. The number of ether oxygens (including phenoxy) is 2. The number of amides is 3. The van der Waals surface area contributed by atoms with Crippen molar-refractivity contribution < 1.29 is 33.5 Å². The topological polar surface area (TPSA) is 111 Å². The Labute approximate surface area is 222 Å². The number of hydroxylamine groups is 1. The maximum atomic E-state index is 13.5. The van der Waals surface area contributed by atoms with E-state index < -0.39 is 41.8 Å². The molecule has 202 valence electrons. The maximum Gasteiger partial charge on any atom is 0.310 e. The molecule has 9 heteroatoms. The number of carbonyl (C=O) groups excluding carboxylic acids is 4. The van der Waals surface area contributed by atoms with Crippen LogP contribution in [-0.2, 0) is 30.5 Å². The van der Waals surface area contributed by atoms with Crippen molar-refractivity contribution in [2.75, 3.05) is 13.2 Å². The van der Waals surface area contributed by atoms with Gasteiger partial charge in [-0.1, -0.05) is 56.3 Å². The first kappa shape index (κ1) is 27.5. The van der Waals surface area contributed by atoms with Gasteiger partial charge in [-0.15, -0.1) is 0 Å². The summed E-state index contributed by atoms with van der Waals surface area (Å²) in [6.07, 6.45) is 2.16. The first-order valence-corrected chi connectivity index (χ1v) is 13.1. The van der Waals surface area contributed by atoms with Gasteiger partial charge in [0.05, 0.1) is 23.0 Å². The highest BCUT2D eigenvalue weighted by Gasteiger charge is 2.43. The molecule has 1 fully saturated rings. The van der Waals surface area contributed by atoms with Crippen LogP contribution in [0.1, 0.15) is 65.8 Å². The smallest absolute Gasteiger partial charge is 0.310 e. The summed E-state index contributed by atoms with van der Waals surface area (Å²) in [4.78, 5) is 59.7. The van der Waals surface area contributed by atoms with Crippen molar-refractivity contribution in [3.05, 3.63) is 71.3 Å². The minimum absolute atomic E-state index is 0.0318. The van der Waals surface area contributed by atoms with E-state index in [0.717, 1.165) is 23.3 Å². The van der Waals surface area contributed by atoms with Crippen molar-refractivity contribution >= 4 is 23.7 Å². The fourth-order valence-electron chi connectivity index (χ4n) is 4.77. The lowest BCUT2D eigenvalue weighted by Crippen LogP contribution is -2.48. The minimum atomic E-state index is -1.09. The van der Waals surface area contributed by atoms with Gasteiger partial charge in [0.15, 0.2) is 6.29 Å². The van der Waals surface area contributed by atoms with Crippen molar-refractivity contribution in [3.8, 4) is 0 Å². The van der Waals surface area contributed by atoms with Gasteiger partial charge in [-0.25, -0.2) is 10.3 Å². The van der Waals surface area contributed by atoms with Crippen molar-refractivity contribution in [2.24, 2.45) is 17.8 Å². The number of hydrogen-bond acceptors (Lipinski definition) is 7. The zero-order valence-corrected chi connectivity index (χ0v) is 21.8. The molecule has 1 N–H and O–H groups in total. The average Bonchev–Trinajstić information content (AvgIpc) is 3.18. The molecule has 9 nitrogen and oxygen atoms in total. The maximum absolute atomic E-state index is 13.5. The summed E-state index contributed by atoms with van der Waals surface area (Å²) in [5.41, 5.74) is 3.79. The Balaban J connectivity index is 1.56. The molecule has 0 aliphatic carbocycles. The molecule has 3 amide bonds. The third kappa shape index (κ3) is 6.65. The molecule has 0 spiro atoms. The van der Waals surface area contributed by atoms with Gasteiger partial charge >= 0.3 is 5.97 Å². The average molecular weight is 523 g/mol. The third-order valence-corrected chi connectivity index (χ3v) is 6.76. The molecule has 38 heavy (non-hydrogen) atoms. The minimum Gasteiger partial charge on any atom is -0.461 e. The molecule has 0 radical (unpaired) electrons. The number of nitrogens with zero attached hydrogens (tertiary/aromatic N) is 1. The van der Waals surface area contributed by atoms with Gasteiger partial charge in [-0.3, -0.25) is 24.1 Å². The summed E-state index contributed by atoms with van der Waals surface area (Å²) >= 11 is 0. The number of rotatable bonds is 11. The van der Waals surface area contributed by atoms with Crippen molar-refractivity contribution in [1.29, 1.82) is 0 Å². The van der Waals surface area contributed by atoms with E-state index in [2.05, 4.69) is 5.48 Å². The van der Waals surface area contributed by atoms with Crippen LogP contribution in [0.15, 0.2) is 54.6 Å². The van der Waals surface area contributed by atoms with E-state index in [4.69, 9.17) is 14.3 Å². The molecule has 4 rings (SSSR count). The second kappa shape index (κ2) is 12.8. The van der Waals surface area contributed by atoms with Gasteiger partial charge in [0.1, 0.15) is 6.61 Å². The zero-order chi connectivity index (χ0) is 27.1. The number of carbonyl (C=O) groups is 4. The van der Waals surface area contributed by atoms with Crippen LogP contribution in [0.4, 0.5) is 0 Å². The zero-order valence-electron chi connectivity index (χ0n) is 21.8. The Kier molecular flexibility index (Phi) is 9.25. The normalized spacial score (nSPS) is 18.7. The van der Waals surface area contributed by atoms with Crippen molar-refractivity contribution in [2.45, 2.75) is 52.4 Å². The first-order chi connectivity index (χ1) is 18.3. The molecule has 2 aromatic carbocycles. The van der Waals surface area contributed by atoms with Crippen molar-refractivity contribution in [1.82, 2.24) is 10.4 Å².